The zero-order valence-electron chi connectivity index (χ0n) is 13.4. The van der Waals surface area contributed by atoms with Crippen molar-refractivity contribution in [2.45, 2.75) is 6.92 Å². The lowest BCUT2D eigenvalue weighted by Gasteiger charge is -2.04. The first-order valence-electron chi connectivity index (χ1n) is 7.50. The fourth-order valence-electron chi connectivity index (χ4n) is 2.44. The second kappa shape index (κ2) is 6.85. The molecule has 0 saturated carbocycles. The number of hydrogen-bond donors (Lipinski definition) is 0. The summed E-state index contributed by atoms with van der Waals surface area (Å²) in [6.45, 7) is 2.02. The first-order valence-corrected chi connectivity index (χ1v) is 7.88. The van der Waals surface area contributed by atoms with Gasteiger partial charge in [-0.05, 0) is 49.4 Å². The van der Waals surface area contributed by atoms with Gasteiger partial charge in [-0.1, -0.05) is 35.4 Å². The molecule has 2 aromatic carbocycles. The molecule has 3 nitrogen and oxygen atoms in total. The minimum Gasteiger partial charge on any atom is -0.497 e. The molecule has 0 radical (unpaired) electrons. The number of ether oxygens (including phenoxy) is 1. The number of aromatic nitrogens is 1. The van der Waals surface area contributed by atoms with Crippen LogP contribution in [0.15, 0.2) is 54.6 Å². The average Bonchev–Trinajstić information content (AvgIpc) is 2.60. The molecule has 1 aromatic heterocycles. The number of benzene rings is 2. The molecule has 0 bridgehead atoms. The molecule has 0 aliphatic rings. The Labute approximate surface area is 145 Å². The fourth-order valence-corrected chi connectivity index (χ4v) is 2.65. The van der Waals surface area contributed by atoms with Gasteiger partial charge in [-0.25, -0.2) is 4.98 Å². The Bertz CT molecular complexity index is 948. The SMILES string of the molecule is COc1cccc(C(=O)/C=C\c2cc3cc(C)ccc3nc2Cl)c1. The molecule has 1 heterocycles. The van der Waals surface area contributed by atoms with Crippen LogP contribution in [0.25, 0.3) is 17.0 Å². The van der Waals surface area contributed by atoms with Crippen LogP contribution in [0.5, 0.6) is 5.75 Å². The van der Waals surface area contributed by atoms with Gasteiger partial charge >= 0.3 is 0 Å². The van der Waals surface area contributed by atoms with E-state index in [0.717, 1.165) is 16.5 Å². The number of methoxy groups -OCH3 is 1. The number of aryl methyl sites for hydroxylation is 1. The van der Waals surface area contributed by atoms with E-state index in [1.165, 1.54) is 6.08 Å². The molecule has 0 atom stereocenters. The lowest BCUT2D eigenvalue weighted by molar-refractivity contribution is 0.104. The molecule has 0 saturated heterocycles. The number of halogens is 1. The number of hydrogen-bond acceptors (Lipinski definition) is 3. The number of fused-ring (bicyclic) bond motifs is 1. The van der Waals surface area contributed by atoms with Gasteiger partial charge in [0.05, 0.1) is 12.6 Å². The summed E-state index contributed by atoms with van der Waals surface area (Å²) in [5, 5.41) is 1.37. The maximum atomic E-state index is 12.3. The van der Waals surface area contributed by atoms with E-state index in [9.17, 15) is 4.79 Å². The van der Waals surface area contributed by atoms with Crippen molar-refractivity contribution in [3.05, 3.63) is 76.5 Å². The van der Waals surface area contributed by atoms with Gasteiger partial charge in [0, 0.05) is 16.5 Å². The summed E-state index contributed by atoms with van der Waals surface area (Å²) in [6.07, 6.45) is 3.19. The minimum atomic E-state index is -0.116. The highest BCUT2D eigenvalue weighted by atomic mass is 35.5. The van der Waals surface area contributed by atoms with Crippen molar-refractivity contribution < 1.29 is 9.53 Å². The van der Waals surface area contributed by atoms with E-state index in [2.05, 4.69) is 4.98 Å². The topological polar surface area (TPSA) is 39.2 Å². The van der Waals surface area contributed by atoms with Crippen LogP contribution in [0, 0.1) is 6.92 Å². The van der Waals surface area contributed by atoms with E-state index < -0.39 is 0 Å². The molecule has 0 fully saturated rings. The highest BCUT2D eigenvalue weighted by molar-refractivity contribution is 6.31. The van der Waals surface area contributed by atoms with Crippen LogP contribution in [0.3, 0.4) is 0 Å². The van der Waals surface area contributed by atoms with Gasteiger partial charge in [-0.15, -0.1) is 0 Å². The monoisotopic (exact) mass is 337 g/mol. The van der Waals surface area contributed by atoms with E-state index in [0.29, 0.717) is 22.0 Å². The van der Waals surface area contributed by atoms with Gasteiger partial charge in [0.1, 0.15) is 10.9 Å². The van der Waals surface area contributed by atoms with Crippen molar-refractivity contribution in [1.82, 2.24) is 4.98 Å². The van der Waals surface area contributed by atoms with Gasteiger partial charge < -0.3 is 4.74 Å². The Morgan fingerprint density at radius 2 is 2.00 bits per heavy atom. The highest BCUT2D eigenvalue weighted by Gasteiger charge is 2.06. The zero-order valence-corrected chi connectivity index (χ0v) is 14.2. The van der Waals surface area contributed by atoms with E-state index in [1.807, 2.05) is 31.2 Å². The summed E-state index contributed by atoms with van der Waals surface area (Å²) in [6, 6.07) is 14.9. The van der Waals surface area contributed by atoms with Crippen molar-refractivity contribution in [2.75, 3.05) is 7.11 Å². The molecule has 0 N–H and O–H groups in total. The Hall–Kier alpha value is -2.65. The molecule has 24 heavy (non-hydrogen) atoms. The van der Waals surface area contributed by atoms with Gasteiger partial charge in [-0.3, -0.25) is 4.79 Å². The summed E-state index contributed by atoms with van der Waals surface area (Å²) in [4.78, 5) is 16.7. The zero-order chi connectivity index (χ0) is 17.1. The standard InChI is InChI=1S/C20H16ClNO2/c1-13-6-8-18-16(10-13)11-15(20(21)22-18)7-9-19(23)14-4-3-5-17(12-14)24-2/h3-12H,1-2H3/b9-7-. The lowest BCUT2D eigenvalue weighted by Crippen LogP contribution is -1.95. The number of pyridine rings is 1. The van der Waals surface area contributed by atoms with Crippen LogP contribution in [-0.2, 0) is 0 Å². The number of carbonyl (C=O) groups is 1. The Morgan fingerprint density at radius 1 is 1.17 bits per heavy atom. The number of nitrogens with zero attached hydrogens (tertiary/aromatic N) is 1. The van der Waals surface area contributed by atoms with Crippen LogP contribution < -0.4 is 4.74 Å². The molecule has 3 aromatic rings. The van der Waals surface area contributed by atoms with Crippen molar-refractivity contribution in [1.29, 1.82) is 0 Å². The predicted octanol–water partition coefficient (Wildman–Crippen LogP) is 5.10. The van der Waals surface area contributed by atoms with Crippen LogP contribution in [0.2, 0.25) is 5.15 Å². The molecule has 0 aliphatic heterocycles. The minimum absolute atomic E-state index is 0.116. The molecule has 0 amide bonds. The number of allylic oxidation sites excluding steroid dienone is 1. The quantitative estimate of drug-likeness (QED) is 0.377. The molecular formula is C20H16ClNO2. The Morgan fingerprint density at radius 3 is 2.79 bits per heavy atom. The number of rotatable bonds is 4. The van der Waals surface area contributed by atoms with Crippen molar-refractivity contribution in [2.24, 2.45) is 0 Å². The molecule has 3 rings (SSSR count). The summed E-state index contributed by atoms with van der Waals surface area (Å²) in [5.41, 5.74) is 3.26. The number of ketones is 1. The summed E-state index contributed by atoms with van der Waals surface area (Å²) in [7, 11) is 1.57. The van der Waals surface area contributed by atoms with Crippen LogP contribution >= 0.6 is 11.6 Å². The third-order valence-corrected chi connectivity index (χ3v) is 4.02. The first-order chi connectivity index (χ1) is 11.6. The molecule has 4 heteroatoms. The second-order valence-corrected chi connectivity index (χ2v) is 5.85. The fraction of sp³-hybridized carbons (Fsp3) is 0.100. The maximum absolute atomic E-state index is 12.3. The summed E-state index contributed by atoms with van der Waals surface area (Å²) >= 11 is 6.23. The van der Waals surface area contributed by atoms with Crippen molar-refractivity contribution >= 4 is 34.4 Å². The molecule has 0 unspecified atom stereocenters. The third kappa shape index (κ3) is 3.47. The molecule has 0 aliphatic carbocycles. The maximum Gasteiger partial charge on any atom is 0.185 e. The van der Waals surface area contributed by atoms with Crippen LogP contribution in [0.4, 0.5) is 0 Å². The van der Waals surface area contributed by atoms with E-state index in [4.69, 9.17) is 16.3 Å². The van der Waals surface area contributed by atoms with Gasteiger partial charge in [0.2, 0.25) is 0 Å². The van der Waals surface area contributed by atoms with Gasteiger partial charge in [0.15, 0.2) is 5.78 Å². The smallest absolute Gasteiger partial charge is 0.185 e. The van der Waals surface area contributed by atoms with Gasteiger partial charge in [0.25, 0.3) is 0 Å². The normalized spacial score (nSPS) is 11.1. The molecular weight excluding hydrogens is 322 g/mol. The van der Waals surface area contributed by atoms with Crippen molar-refractivity contribution in [3.8, 4) is 5.75 Å². The van der Waals surface area contributed by atoms with E-state index in [1.54, 1.807) is 37.5 Å². The predicted molar refractivity (Wildman–Crippen MR) is 97.8 cm³/mol. The first kappa shape index (κ1) is 16.2. The number of carbonyl (C=O) groups excluding carboxylic acids is 1. The van der Waals surface area contributed by atoms with Gasteiger partial charge in [-0.2, -0.15) is 0 Å². The van der Waals surface area contributed by atoms with E-state index >= 15 is 0 Å². The third-order valence-electron chi connectivity index (χ3n) is 3.72. The highest BCUT2D eigenvalue weighted by Crippen LogP contribution is 2.23. The van der Waals surface area contributed by atoms with Crippen LogP contribution in [-0.4, -0.2) is 17.9 Å². The lowest BCUT2D eigenvalue weighted by atomic mass is 10.1. The Kier molecular flexibility index (Phi) is 4.63. The van der Waals surface area contributed by atoms with E-state index in [-0.39, 0.29) is 5.78 Å². The summed E-state index contributed by atoms with van der Waals surface area (Å²) in [5.74, 6) is 0.532. The van der Waals surface area contributed by atoms with Crippen LogP contribution in [0.1, 0.15) is 21.5 Å². The Balaban J connectivity index is 1.91. The largest absolute Gasteiger partial charge is 0.497 e. The molecule has 0 spiro atoms. The summed E-state index contributed by atoms with van der Waals surface area (Å²) < 4.78 is 5.14. The van der Waals surface area contributed by atoms with Crippen molar-refractivity contribution in [3.63, 3.8) is 0 Å². The average molecular weight is 338 g/mol. The molecule has 120 valence electrons. The second-order valence-electron chi connectivity index (χ2n) is 5.49.